The van der Waals surface area contributed by atoms with Crippen molar-refractivity contribution in [1.29, 1.82) is 0 Å². The summed E-state index contributed by atoms with van der Waals surface area (Å²) in [5.74, 6) is 0.434. The van der Waals surface area contributed by atoms with E-state index < -0.39 is 11.6 Å². The van der Waals surface area contributed by atoms with E-state index in [1.54, 1.807) is 6.07 Å². The zero-order chi connectivity index (χ0) is 20.1. The van der Waals surface area contributed by atoms with Crippen LogP contribution in [0.2, 0.25) is 0 Å². The quantitative estimate of drug-likeness (QED) is 0.579. The Bertz CT molecular complexity index is 888. The Hall–Kier alpha value is -1.71. The van der Waals surface area contributed by atoms with E-state index in [-0.39, 0.29) is 36.3 Å². The van der Waals surface area contributed by atoms with Gasteiger partial charge in [-0.25, -0.2) is 4.98 Å². The summed E-state index contributed by atoms with van der Waals surface area (Å²) in [4.78, 5) is 34.2. The molecule has 1 unspecified atom stereocenters. The molecule has 30 heavy (non-hydrogen) atoms. The van der Waals surface area contributed by atoms with Crippen LogP contribution in [0.1, 0.15) is 32.5 Å². The van der Waals surface area contributed by atoms with Crippen LogP contribution in [0, 0.1) is 0 Å². The van der Waals surface area contributed by atoms with Gasteiger partial charge in [-0.2, -0.15) is 0 Å². The molecule has 0 bridgehead atoms. The molecule has 168 valence electrons. The Morgan fingerprint density at radius 2 is 2.03 bits per heavy atom. The number of rotatable bonds is 7. The number of nitrogens with two attached hydrogens (primary N) is 1. The normalized spacial score (nSPS) is 17.1. The lowest BCUT2D eigenvalue weighted by Gasteiger charge is -2.33. The molecule has 4 N–H and O–H groups in total. The maximum atomic E-state index is 12.5. The average molecular weight is 460 g/mol. The number of carbonyl (C=O) groups is 1. The first kappa shape index (κ1) is 26.3. The summed E-state index contributed by atoms with van der Waals surface area (Å²) in [6, 6.07) is 7.25. The predicted octanol–water partition coefficient (Wildman–Crippen LogP) is 1.60. The SMILES string of the molecule is CCC(N)(CC)CNC(=O)C1CN(Cc2nc3ccccc3c(=O)[nH]2)CCO1.Cl.Cl. The minimum Gasteiger partial charge on any atom is -0.366 e. The summed E-state index contributed by atoms with van der Waals surface area (Å²) in [7, 11) is 0. The Balaban J connectivity index is 0.00000225. The van der Waals surface area contributed by atoms with Crippen molar-refractivity contribution in [3.63, 3.8) is 0 Å². The molecule has 2 heterocycles. The lowest BCUT2D eigenvalue weighted by atomic mass is 9.94. The highest BCUT2D eigenvalue weighted by atomic mass is 35.5. The number of nitrogens with one attached hydrogen (secondary N) is 2. The number of H-pyrrole nitrogens is 1. The number of amides is 1. The molecule has 3 rings (SSSR count). The van der Waals surface area contributed by atoms with Gasteiger partial charge < -0.3 is 20.8 Å². The predicted molar refractivity (Wildman–Crippen MR) is 122 cm³/mol. The van der Waals surface area contributed by atoms with Gasteiger partial charge in [-0.15, -0.1) is 24.8 Å². The van der Waals surface area contributed by atoms with E-state index in [1.807, 2.05) is 32.0 Å². The monoisotopic (exact) mass is 459 g/mol. The molecule has 1 aromatic heterocycles. The molecule has 1 atom stereocenters. The van der Waals surface area contributed by atoms with E-state index in [4.69, 9.17) is 10.5 Å². The molecule has 2 aromatic rings. The van der Waals surface area contributed by atoms with Crippen molar-refractivity contribution < 1.29 is 9.53 Å². The van der Waals surface area contributed by atoms with Gasteiger partial charge in [0.15, 0.2) is 0 Å². The Kier molecular flexibility index (Phi) is 10.2. The molecule has 0 spiro atoms. The smallest absolute Gasteiger partial charge is 0.258 e. The van der Waals surface area contributed by atoms with E-state index in [9.17, 15) is 9.59 Å². The number of aromatic amines is 1. The molecule has 1 aliphatic heterocycles. The molecule has 0 saturated carbocycles. The van der Waals surface area contributed by atoms with Crippen molar-refractivity contribution in [2.24, 2.45) is 5.73 Å². The number of fused-ring (bicyclic) bond motifs is 1. The first-order valence-corrected chi connectivity index (χ1v) is 9.82. The van der Waals surface area contributed by atoms with Crippen LogP contribution in [0.15, 0.2) is 29.1 Å². The third kappa shape index (κ3) is 6.39. The zero-order valence-corrected chi connectivity index (χ0v) is 19.0. The highest BCUT2D eigenvalue weighted by Crippen LogP contribution is 2.12. The van der Waals surface area contributed by atoms with Crippen molar-refractivity contribution in [2.75, 3.05) is 26.2 Å². The fourth-order valence-corrected chi connectivity index (χ4v) is 3.30. The van der Waals surface area contributed by atoms with E-state index in [1.165, 1.54) is 0 Å². The van der Waals surface area contributed by atoms with Crippen LogP contribution in [-0.4, -0.2) is 58.7 Å². The molecule has 0 aliphatic carbocycles. The minimum absolute atomic E-state index is 0. The molecule has 1 fully saturated rings. The van der Waals surface area contributed by atoms with Crippen LogP contribution in [0.5, 0.6) is 0 Å². The largest absolute Gasteiger partial charge is 0.366 e. The van der Waals surface area contributed by atoms with Gasteiger partial charge in [0.05, 0.1) is 24.1 Å². The molecule has 1 aromatic carbocycles. The zero-order valence-electron chi connectivity index (χ0n) is 17.3. The minimum atomic E-state index is -0.557. The lowest BCUT2D eigenvalue weighted by molar-refractivity contribution is -0.139. The maximum absolute atomic E-state index is 12.5. The first-order chi connectivity index (χ1) is 13.4. The van der Waals surface area contributed by atoms with E-state index in [2.05, 4.69) is 20.2 Å². The second-order valence-corrected chi connectivity index (χ2v) is 7.41. The molecular formula is C20H31Cl2N5O3. The van der Waals surface area contributed by atoms with Crippen LogP contribution in [0.25, 0.3) is 10.9 Å². The van der Waals surface area contributed by atoms with Crippen LogP contribution in [-0.2, 0) is 16.1 Å². The molecule has 8 nitrogen and oxygen atoms in total. The van der Waals surface area contributed by atoms with Gasteiger partial charge in [0.2, 0.25) is 0 Å². The number of nitrogens with zero attached hydrogens (tertiary/aromatic N) is 2. The van der Waals surface area contributed by atoms with Gasteiger partial charge in [-0.05, 0) is 25.0 Å². The summed E-state index contributed by atoms with van der Waals surface area (Å²) >= 11 is 0. The summed E-state index contributed by atoms with van der Waals surface area (Å²) in [6.45, 7) is 6.49. The van der Waals surface area contributed by atoms with Crippen molar-refractivity contribution in [3.8, 4) is 0 Å². The number of para-hydroxylation sites is 1. The molecule has 1 amide bonds. The molecule has 1 aliphatic rings. The first-order valence-electron chi connectivity index (χ1n) is 9.82. The number of hydrogen-bond donors (Lipinski definition) is 3. The highest BCUT2D eigenvalue weighted by Gasteiger charge is 2.29. The van der Waals surface area contributed by atoms with E-state index in [0.29, 0.717) is 49.5 Å². The summed E-state index contributed by atoms with van der Waals surface area (Å²) in [5, 5.41) is 3.50. The van der Waals surface area contributed by atoms with Crippen molar-refractivity contribution in [1.82, 2.24) is 20.2 Å². The van der Waals surface area contributed by atoms with Crippen LogP contribution >= 0.6 is 24.8 Å². The number of benzene rings is 1. The number of ether oxygens (including phenoxy) is 1. The third-order valence-corrected chi connectivity index (χ3v) is 5.50. The van der Waals surface area contributed by atoms with Gasteiger partial charge in [-0.3, -0.25) is 14.5 Å². The standard InChI is InChI=1S/C20H29N5O3.2ClH/c1-3-20(21,4-2)13-22-19(27)16-11-25(9-10-28-16)12-17-23-15-8-6-5-7-14(15)18(26)24-17;;/h5-8,16H,3-4,9-13,21H2,1-2H3,(H,22,27)(H,23,24,26);2*1H. The lowest BCUT2D eigenvalue weighted by Crippen LogP contribution is -2.54. The molecule has 1 saturated heterocycles. The third-order valence-electron chi connectivity index (χ3n) is 5.50. The number of hydrogen-bond acceptors (Lipinski definition) is 6. The maximum Gasteiger partial charge on any atom is 0.258 e. The summed E-state index contributed by atoms with van der Waals surface area (Å²) in [6.07, 6.45) is 1.03. The van der Waals surface area contributed by atoms with Crippen molar-refractivity contribution in [2.45, 2.75) is 44.9 Å². The Labute approximate surface area is 188 Å². The summed E-state index contributed by atoms with van der Waals surface area (Å²) in [5.41, 5.74) is 6.38. The fraction of sp³-hybridized carbons (Fsp3) is 0.550. The number of carbonyl (C=O) groups excluding carboxylic acids is 1. The van der Waals surface area contributed by atoms with Gasteiger partial charge in [-0.1, -0.05) is 26.0 Å². The van der Waals surface area contributed by atoms with Crippen LogP contribution < -0.4 is 16.6 Å². The van der Waals surface area contributed by atoms with Crippen LogP contribution in [0.4, 0.5) is 0 Å². The Morgan fingerprint density at radius 1 is 1.33 bits per heavy atom. The summed E-state index contributed by atoms with van der Waals surface area (Å²) < 4.78 is 5.65. The second kappa shape index (κ2) is 11.6. The van der Waals surface area contributed by atoms with Crippen molar-refractivity contribution in [3.05, 3.63) is 40.4 Å². The fourth-order valence-electron chi connectivity index (χ4n) is 3.30. The topological polar surface area (TPSA) is 113 Å². The van der Waals surface area contributed by atoms with Gasteiger partial charge in [0.25, 0.3) is 11.5 Å². The molecular weight excluding hydrogens is 429 g/mol. The van der Waals surface area contributed by atoms with Crippen molar-refractivity contribution >= 4 is 41.6 Å². The van der Waals surface area contributed by atoms with E-state index in [0.717, 1.165) is 12.8 Å². The average Bonchev–Trinajstić information content (AvgIpc) is 2.72. The van der Waals surface area contributed by atoms with Gasteiger partial charge in [0, 0.05) is 25.2 Å². The number of halogens is 2. The van der Waals surface area contributed by atoms with Gasteiger partial charge in [0.1, 0.15) is 11.9 Å². The second-order valence-electron chi connectivity index (χ2n) is 7.41. The highest BCUT2D eigenvalue weighted by molar-refractivity contribution is 5.85. The number of morpholine rings is 1. The van der Waals surface area contributed by atoms with Crippen LogP contribution in [0.3, 0.4) is 0 Å². The van der Waals surface area contributed by atoms with Gasteiger partial charge >= 0.3 is 0 Å². The molecule has 0 radical (unpaired) electrons. The molecule has 10 heteroatoms. The number of aromatic nitrogens is 2. The Morgan fingerprint density at radius 3 is 2.73 bits per heavy atom. The van der Waals surface area contributed by atoms with E-state index >= 15 is 0 Å².